The zero-order valence-electron chi connectivity index (χ0n) is 16.2. The number of aliphatic hydroxyl groups is 1. The van der Waals surface area contributed by atoms with Gasteiger partial charge in [0.1, 0.15) is 0 Å². The number of hydrogen-bond donors (Lipinski definition) is 3. The van der Waals surface area contributed by atoms with Crippen LogP contribution in [0.3, 0.4) is 0 Å². The van der Waals surface area contributed by atoms with Gasteiger partial charge in [0.15, 0.2) is 0 Å². The molecule has 5 nitrogen and oxygen atoms in total. The lowest BCUT2D eigenvalue weighted by molar-refractivity contribution is -0.122. The fraction of sp³-hybridized carbons (Fsp3) is 0.364. The van der Waals surface area contributed by atoms with Crippen LogP contribution in [0.25, 0.3) is 0 Å². The maximum absolute atomic E-state index is 12.3. The van der Waals surface area contributed by atoms with Crippen LogP contribution in [0, 0.1) is 0 Å². The Kier molecular flexibility index (Phi) is 7.13. The monoisotopic (exact) mass is 368 g/mol. The summed E-state index contributed by atoms with van der Waals surface area (Å²) < 4.78 is 0. The Hall–Kier alpha value is -2.66. The average molecular weight is 368 g/mol. The minimum Gasteiger partial charge on any atom is -0.394 e. The van der Waals surface area contributed by atoms with Crippen LogP contribution in [0.4, 0.5) is 5.69 Å². The van der Waals surface area contributed by atoms with Gasteiger partial charge in [-0.15, -0.1) is 0 Å². The molecule has 144 valence electrons. The lowest BCUT2D eigenvalue weighted by Gasteiger charge is -2.23. The lowest BCUT2D eigenvalue weighted by Crippen LogP contribution is -2.46. The van der Waals surface area contributed by atoms with Crippen LogP contribution in [0.15, 0.2) is 48.5 Å². The van der Waals surface area contributed by atoms with Gasteiger partial charge in [0.05, 0.1) is 18.6 Å². The summed E-state index contributed by atoms with van der Waals surface area (Å²) in [5.74, 6) is -0.314. The minimum absolute atomic E-state index is 0.122. The quantitative estimate of drug-likeness (QED) is 0.669. The second-order valence-corrected chi connectivity index (χ2v) is 7.36. The molecule has 0 fully saturated rings. The smallest absolute Gasteiger partial charge is 0.255 e. The molecule has 2 rings (SSSR count). The van der Waals surface area contributed by atoms with E-state index in [0.29, 0.717) is 11.3 Å². The molecule has 0 unspecified atom stereocenters. The summed E-state index contributed by atoms with van der Waals surface area (Å²) >= 11 is 0. The Labute approximate surface area is 160 Å². The summed E-state index contributed by atoms with van der Waals surface area (Å²) in [7, 11) is 0. The Morgan fingerprint density at radius 1 is 0.963 bits per heavy atom. The van der Waals surface area contributed by atoms with Crippen LogP contribution in [0.5, 0.6) is 0 Å². The summed E-state index contributed by atoms with van der Waals surface area (Å²) in [5, 5.41) is 14.9. The lowest BCUT2D eigenvalue weighted by atomic mass is 10.1. The molecule has 0 aliphatic carbocycles. The normalized spacial score (nSPS) is 11.1. The predicted molar refractivity (Wildman–Crippen MR) is 108 cm³/mol. The molecule has 3 N–H and O–H groups in total. The zero-order valence-corrected chi connectivity index (χ0v) is 16.2. The molecule has 0 aromatic heterocycles. The van der Waals surface area contributed by atoms with E-state index in [2.05, 4.69) is 17.6 Å². The highest BCUT2D eigenvalue weighted by Crippen LogP contribution is 2.13. The van der Waals surface area contributed by atoms with E-state index in [9.17, 15) is 14.7 Å². The highest BCUT2D eigenvalue weighted by atomic mass is 16.3. The molecule has 2 aromatic carbocycles. The third-order valence-electron chi connectivity index (χ3n) is 4.20. The Balaban J connectivity index is 1.93. The maximum atomic E-state index is 12.3. The molecule has 0 atom stereocenters. The molecule has 0 saturated heterocycles. The van der Waals surface area contributed by atoms with Gasteiger partial charge >= 0.3 is 0 Å². The summed E-state index contributed by atoms with van der Waals surface area (Å²) in [5.41, 5.74) is 2.71. The molecular formula is C22H28N2O3. The van der Waals surface area contributed by atoms with Crippen molar-refractivity contribution in [2.75, 3.05) is 11.9 Å². The van der Waals surface area contributed by atoms with E-state index in [1.807, 2.05) is 36.4 Å². The topological polar surface area (TPSA) is 78.4 Å². The fourth-order valence-corrected chi connectivity index (χ4v) is 2.67. The van der Waals surface area contributed by atoms with E-state index in [1.54, 1.807) is 26.0 Å². The van der Waals surface area contributed by atoms with E-state index in [-0.39, 0.29) is 24.8 Å². The van der Waals surface area contributed by atoms with Gasteiger partial charge in [0, 0.05) is 11.3 Å². The standard InChI is InChI=1S/C22H28N2O3/c1-4-5-16-6-10-18(11-7-16)21(27)23-19-12-8-17(9-13-19)14-20(26)24-22(2,3)15-25/h6-13,25H,4-5,14-15H2,1-3H3,(H,23,27)(H,24,26). The van der Waals surface area contributed by atoms with Crippen molar-refractivity contribution < 1.29 is 14.7 Å². The first kappa shape index (κ1) is 20.6. The molecule has 0 aliphatic heterocycles. The van der Waals surface area contributed by atoms with Gasteiger partial charge in [-0.2, -0.15) is 0 Å². The summed E-state index contributed by atoms with van der Waals surface area (Å²) in [6.45, 7) is 5.53. The SMILES string of the molecule is CCCc1ccc(C(=O)Nc2ccc(CC(=O)NC(C)(C)CO)cc2)cc1. The van der Waals surface area contributed by atoms with Gasteiger partial charge in [-0.05, 0) is 55.7 Å². The first-order valence-corrected chi connectivity index (χ1v) is 9.24. The van der Waals surface area contributed by atoms with Crippen LogP contribution >= 0.6 is 0 Å². The average Bonchev–Trinajstić information content (AvgIpc) is 2.63. The van der Waals surface area contributed by atoms with E-state index in [1.165, 1.54) is 5.56 Å². The molecule has 0 spiro atoms. The van der Waals surface area contributed by atoms with Crippen LogP contribution in [0.1, 0.15) is 48.7 Å². The number of carbonyl (C=O) groups excluding carboxylic acids is 2. The number of aliphatic hydroxyl groups excluding tert-OH is 1. The number of carbonyl (C=O) groups is 2. The molecule has 0 bridgehead atoms. The Morgan fingerprint density at radius 2 is 1.56 bits per heavy atom. The molecule has 27 heavy (non-hydrogen) atoms. The van der Waals surface area contributed by atoms with Gasteiger partial charge in [-0.25, -0.2) is 0 Å². The fourth-order valence-electron chi connectivity index (χ4n) is 2.67. The van der Waals surface area contributed by atoms with Crippen molar-refractivity contribution in [3.05, 3.63) is 65.2 Å². The van der Waals surface area contributed by atoms with Crippen molar-refractivity contribution in [3.8, 4) is 0 Å². The highest BCUT2D eigenvalue weighted by Gasteiger charge is 2.19. The van der Waals surface area contributed by atoms with Gasteiger partial charge in [0.25, 0.3) is 5.91 Å². The zero-order chi connectivity index (χ0) is 19.9. The van der Waals surface area contributed by atoms with E-state index in [4.69, 9.17) is 0 Å². The minimum atomic E-state index is -0.641. The van der Waals surface area contributed by atoms with Gasteiger partial charge in [0.2, 0.25) is 5.91 Å². The van der Waals surface area contributed by atoms with Gasteiger partial charge in [-0.1, -0.05) is 37.6 Å². The Bertz CT molecular complexity index is 765. The third-order valence-corrected chi connectivity index (χ3v) is 4.20. The predicted octanol–water partition coefficient (Wildman–Crippen LogP) is 3.32. The second kappa shape index (κ2) is 9.33. The largest absolute Gasteiger partial charge is 0.394 e. The number of hydrogen-bond acceptors (Lipinski definition) is 3. The van der Waals surface area contributed by atoms with Crippen LogP contribution in [-0.4, -0.2) is 29.1 Å². The number of anilines is 1. The second-order valence-electron chi connectivity index (χ2n) is 7.36. The van der Waals surface area contributed by atoms with Crippen LogP contribution in [0.2, 0.25) is 0 Å². The van der Waals surface area contributed by atoms with E-state index < -0.39 is 5.54 Å². The number of amides is 2. The van der Waals surface area contributed by atoms with Crippen molar-refractivity contribution in [2.45, 2.75) is 45.6 Å². The summed E-state index contributed by atoms with van der Waals surface area (Å²) in [6.07, 6.45) is 2.30. The maximum Gasteiger partial charge on any atom is 0.255 e. The van der Waals surface area contributed by atoms with Crippen molar-refractivity contribution >= 4 is 17.5 Å². The molecule has 5 heteroatoms. The molecule has 0 heterocycles. The molecule has 0 saturated carbocycles. The first-order chi connectivity index (χ1) is 12.8. The van der Waals surface area contributed by atoms with Crippen molar-refractivity contribution in [1.29, 1.82) is 0 Å². The van der Waals surface area contributed by atoms with Crippen molar-refractivity contribution in [3.63, 3.8) is 0 Å². The van der Waals surface area contributed by atoms with Gasteiger partial charge < -0.3 is 15.7 Å². The number of rotatable bonds is 8. The van der Waals surface area contributed by atoms with Gasteiger partial charge in [-0.3, -0.25) is 9.59 Å². The number of benzene rings is 2. The van der Waals surface area contributed by atoms with Crippen molar-refractivity contribution in [1.82, 2.24) is 5.32 Å². The molecular weight excluding hydrogens is 340 g/mol. The summed E-state index contributed by atoms with van der Waals surface area (Å²) in [4.78, 5) is 24.4. The van der Waals surface area contributed by atoms with Crippen molar-refractivity contribution in [2.24, 2.45) is 0 Å². The van der Waals surface area contributed by atoms with E-state index in [0.717, 1.165) is 18.4 Å². The molecule has 2 aromatic rings. The van der Waals surface area contributed by atoms with E-state index >= 15 is 0 Å². The number of aryl methyl sites for hydroxylation is 1. The highest BCUT2D eigenvalue weighted by molar-refractivity contribution is 6.04. The summed E-state index contributed by atoms with van der Waals surface area (Å²) in [6, 6.07) is 14.8. The Morgan fingerprint density at radius 3 is 2.11 bits per heavy atom. The first-order valence-electron chi connectivity index (χ1n) is 9.24. The number of nitrogens with one attached hydrogen (secondary N) is 2. The molecule has 0 radical (unpaired) electrons. The molecule has 2 amide bonds. The third kappa shape index (κ3) is 6.53. The molecule has 0 aliphatic rings. The van der Waals surface area contributed by atoms with Crippen LogP contribution < -0.4 is 10.6 Å². The van der Waals surface area contributed by atoms with Crippen LogP contribution in [-0.2, 0) is 17.6 Å².